The Morgan fingerprint density at radius 2 is 1.81 bits per heavy atom. The molecule has 2 aliphatic rings. The fraction of sp³-hybridized carbons (Fsp3) is 0.684. The van der Waals surface area contributed by atoms with Crippen LogP contribution in [0.1, 0.15) is 50.0 Å². The number of rotatable bonds is 6. The SMILES string of the molecule is CS(=O)(=O)N[C@H]1CCCN[C@H]1CO[C@H]1CC[C@@H](c2c(F)cccc2F)CC1. The second kappa shape index (κ2) is 8.94. The lowest BCUT2D eigenvalue weighted by molar-refractivity contribution is 0.00489. The summed E-state index contributed by atoms with van der Waals surface area (Å²) in [4.78, 5) is 0. The van der Waals surface area contributed by atoms with Crippen LogP contribution in [0.25, 0.3) is 0 Å². The maximum atomic E-state index is 14.0. The van der Waals surface area contributed by atoms with E-state index < -0.39 is 21.7 Å². The number of benzene rings is 1. The predicted molar refractivity (Wildman–Crippen MR) is 100 cm³/mol. The Balaban J connectivity index is 1.50. The monoisotopic (exact) mass is 402 g/mol. The molecule has 0 unspecified atom stereocenters. The summed E-state index contributed by atoms with van der Waals surface area (Å²) in [6.07, 6.45) is 5.78. The minimum Gasteiger partial charge on any atom is -0.377 e. The number of ether oxygens (including phenoxy) is 1. The molecule has 1 saturated heterocycles. The zero-order valence-electron chi connectivity index (χ0n) is 15.6. The van der Waals surface area contributed by atoms with E-state index >= 15 is 0 Å². The van der Waals surface area contributed by atoms with E-state index in [1.54, 1.807) is 0 Å². The molecule has 0 amide bonds. The fourth-order valence-electron chi connectivity index (χ4n) is 4.20. The van der Waals surface area contributed by atoms with Gasteiger partial charge in [-0.15, -0.1) is 0 Å². The molecule has 2 atom stereocenters. The van der Waals surface area contributed by atoms with Gasteiger partial charge in [0.2, 0.25) is 10.0 Å². The molecule has 1 aromatic rings. The topological polar surface area (TPSA) is 67.4 Å². The lowest BCUT2D eigenvalue weighted by Crippen LogP contribution is -2.55. The first kappa shape index (κ1) is 20.6. The van der Waals surface area contributed by atoms with E-state index in [1.807, 2.05) is 0 Å². The average molecular weight is 403 g/mol. The van der Waals surface area contributed by atoms with Gasteiger partial charge < -0.3 is 10.1 Å². The van der Waals surface area contributed by atoms with E-state index in [1.165, 1.54) is 24.5 Å². The zero-order chi connectivity index (χ0) is 19.4. The Morgan fingerprint density at radius 1 is 1.15 bits per heavy atom. The Morgan fingerprint density at radius 3 is 2.44 bits per heavy atom. The van der Waals surface area contributed by atoms with Crippen LogP contribution in [0.15, 0.2) is 18.2 Å². The molecule has 5 nitrogen and oxygen atoms in total. The van der Waals surface area contributed by atoms with Gasteiger partial charge in [0.1, 0.15) is 11.6 Å². The van der Waals surface area contributed by atoms with Crippen molar-refractivity contribution in [1.82, 2.24) is 10.0 Å². The van der Waals surface area contributed by atoms with Gasteiger partial charge in [-0.25, -0.2) is 21.9 Å². The van der Waals surface area contributed by atoms with E-state index in [-0.39, 0.29) is 29.7 Å². The summed E-state index contributed by atoms with van der Waals surface area (Å²) in [7, 11) is -3.26. The summed E-state index contributed by atoms with van der Waals surface area (Å²) in [6.45, 7) is 1.27. The van der Waals surface area contributed by atoms with E-state index in [9.17, 15) is 17.2 Å². The van der Waals surface area contributed by atoms with Crippen molar-refractivity contribution in [2.75, 3.05) is 19.4 Å². The summed E-state index contributed by atoms with van der Waals surface area (Å²) in [5.74, 6) is -1.06. The molecule has 1 aliphatic carbocycles. The average Bonchev–Trinajstić information content (AvgIpc) is 2.61. The molecule has 2 N–H and O–H groups in total. The van der Waals surface area contributed by atoms with Gasteiger partial charge in [-0.3, -0.25) is 0 Å². The van der Waals surface area contributed by atoms with Crippen molar-refractivity contribution >= 4 is 10.0 Å². The molecule has 1 heterocycles. The first-order valence-corrected chi connectivity index (χ1v) is 11.5. The maximum absolute atomic E-state index is 14.0. The Bertz CT molecular complexity index is 716. The van der Waals surface area contributed by atoms with Crippen LogP contribution in [0.2, 0.25) is 0 Å². The minimum absolute atomic E-state index is 0.0405. The van der Waals surface area contributed by atoms with Crippen LogP contribution in [-0.2, 0) is 14.8 Å². The number of hydrogen-bond acceptors (Lipinski definition) is 4. The van der Waals surface area contributed by atoms with Crippen LogP contribution < -0.4 is 10.0 Å². The van der Waals surface area contributed by atoms with Crippen molar-refractivity contribution in [3.63, 3.8) is 0 Å². The second-order valence-electron chi connectivity index (χ2n) is 7.64. The van der Waals surface area contributed by atoms with Crippen molar-refractivity contribution in [3.05, 3.63) is 35.4 Å². The Labute approximate surface area is 159 Å². The first-order chi connectivity index (χ1) is 12.8. The van der Waals surface area contributed by atoms with Gasteiger partial charge in [0.05, 0.1) is 19.0 Å². The van der Waals surface area contributed by atoms with E-state index in [0.717, 1.165) is 32.2 Å². The van der Waals surface area contributed by atoms with Crippen LogP contribution in [0.5, 0.6) is 0 Å². The highest BCUT2D eigenvalue weighted by molar-refractivity contribution is 7.88. The largest absolute Gasteiger partial charge is 0.377 e. The molecular formula is C19H28F2N2O3S. The number of hydrogen-bond donors (Lipinski definition) is 2. The van der Waals surface area contributed by atoms with Gasteiger partial charge in [0, 0.05) is 17.6 Å². The van der Waals surface area contributed by atoms with Gasteiger partial charge in [-0.05, 0) is 63.1 Å². The summed E-state index contributed by atoms with van der Waals surface area (Å²) >= 11 is 0. The smallest absolute Gasteiger partial charge is 0.209 e. The molecule has 0 aromatic heterocycles. The van der Waals surface area contributed by atoms with Crippen molar-refractivity contribution in [3.8, 4) is 0 Å². The summed E-state index contributed by atoms with van der Waals surface area (Å²) in [5.41, 5.74) is 0.197. The molecule has 8 heteroatoms. The second-order valence-corrected chi connectivity index (χ2v) is 9.42. The number of nitrogens with one attached hydrogen (secondary N) is 2. The molecule has 1 aliphatic heterocycles. The Hall–Kier alpha value is -1.09. The van der Waals surface area contributed by atoms with Gasteiger partial charge in [0.25, 0.3) is 0 Å². The highest BCUT2D eigenvalue weighted by Crippen LogP contribution is 2.36. The summed E-state index contributed by atoms with van der Waals surface area (Å²) in [5, 5.41) is 3.33. The molecule has 152 valence electrons. The summed E-state index contributed by atoms with van der Waals surface area (Å²) in [6, 6.07) is 3.78. The van der Waals surface area contributed by atoms with Crippen molar-refractivity contribution in [1.29, 1.82) is 0 Å². The fourth-order valence-corrected chi connectivity index (χ4v) is 5.03. The van der Waals surface area contributed by atoms with E-state index in [2.05, 4.69) is 10.0 Å². The first-order valence-electron chi connectivity index (χ1n) is 9.59. The zero-order valence-corrected chi connectivity index (χ0v) is 16.4. The normalized spacial score (nSPS) is 29.6. The van der Waals surface area contributed by atoms with Crippen molar-refractivity contribution < 1.29 is 21.9 Å². The van der Waals surface area contributed by atoms with Crippen molar-refractivity contribution in [2.24, 2.45) is 0 Å². The molecular weight excluding hydrogens is 374 g/mol. The number of sulfonamides is 1. The van der Waals surface area contributed by atoms with Gasteiger partial charge >= 0.3 is 0 Å². The highest BCUT2D eigenvalue weighted by Gasteiger charge is 2.30. The van der Waals surface area contributed by atoms with Crippen LogP contribution in [0.3, 0.4) is 0 Å². The maximum Gasteiger partial charge on any atom is 0.209 e. The number of piperidine rings is 1. The number of halogens is 2. The van der Waals surface area contributed by atoms with Crippen LogP contribution in [0.4, 0.5) is 8.78 Å². The summed E-state index contributed by atoms with van der Waals surface area (Å²) < 4.78 is 59.7. The van der Waals surface area contributed by atoms with Crippen LogP contribution in [-0.4, -0.2) is 46.0 Å². The highest BCUT2D eigenvalue weighted by atomic mass is 32.2. The molecule has 27 heavy (non-hydrogen) atoms. The molecule has 3 rings (SSSR count). The third-order valence-electron chi connectivity index (χ3n) is 5.54. The standard InChI is InChI=1S/C19H28F2N2O3S/c1-27(24,25)23-17-6-3-11-22-18(17)12-26-14-9-7-13(8-10-14)19-15(20)4-2-5-16(19)21/h2,4-5,13-14,17-18,22-23H,3,6-12H2,1H3/t13-,14+,17-,18-/m0/s1. The van der Waals surface area contributed by atoms with Crippen LogP contribution >= 0.6 is 0 Å². The van der Waals surface area contributed by atoms with Gasteiger partial charge in [0.15, 0.2) is 0 Å². The lowest BCUT2D eigenvalue weighted by atomic mass is 9.82. The van der Waals surface area contributed by atoms with Gasteiger partial charge in [-0.1, -0.05) is 6.07 Å². The lowest BCUT2D eigenvalue weighted by Gasteiger charge is -2.35. The molecule has 0 spiro atoms. The quantitative estimate of drug-likeness (QED) is 0.768. The Kier molecular flexibility index (Phi) is 6.83. The molecule has 0 radical (unpaired) electrons. The minimum atomic E-state index is -3.26. The third-order valence-corrected chi connectivity index (χ3v) is 6.27. The van der Waals surface area contributed by atoms with E-state index in [4.69, 9.17) is 4.74 Å². The predicted octanol–water partition coefficient (Wildman–Crippen LogP) is 2.68. The van der Waals surface area contributed by atoms with Gasteiger partial charge in [-0.2, -0.15) is 0 Å². The van der Waals surface area contributed by atoms with E-state index in [0.29, 0.717) is 19.4 Å². The molecule has 2 fully saturated rings. The third kappa shape index (κ3) is 5.70. The van der Waals surface area contributed by atoms with Crippen molar-refractivity contribution in [2.45, 2.75) is 62.6 Å². The molecule has 1 aromatic carbocycles. The van der Waals surface area contributed by atoms with Crippen LogP contribution in [0, 0.1) is 11.6 Å². The molecule has 1 saturated carbocycles. The molecule has 0 bridgehead atoms.